The van der Waals surface area contributed by atoms with E-state index < -0.39 is 0 Å². The highest BCUT2D eigenvalue weighted by Crippen LogP contribution is 2.28. The second kappa shape index (κ2) is 3.17. The van der Waals surface area contributed by atoms with Crippen molar-refractivity contribution >= 4 is 28.9 Å². The highest BCUT2D eigenvalue weighted by molar-refractivity contribution is 7.13. The lowest BCUT2D eigenvalue weighted by Gasteiger charge is -2.03. The van der Waals surface area contributed by atoms with Gasteiger partial charge in [-0.3, -0.25) is 0 Å². The number of anilines is 2. The molecule has 0 aliphatic heterocycles. The van der Waals surface area contributed by atoms with Gasteiger partial charge in [-0.2, -0.15) is 9.50 Å². The molecule has 0 amide bonds. The maximum atomic E-state index is 6.00. The Hall–Kier alpha value is -2.15. The summed E-state index contributed by atoms with van der Waals surface area (Å²) in [7, 11) is 0. The average molecular weight is 232 g/mol. The van der Waals surface area contributed by atoms with Crippen molar-refractivity contribution in [2.75, 3.05) is 11.5 Å². The zero-order chi connectivity index (χ0) is 11.1. The summed E-state index contributed by atoms with van der Waals surface area (Å²) in [6, 6.07) is 3.93. The van der Waals surface area contributed by atoms with Crippen LogP contribution >= 0.6 is 11.3 Å². The summed E-state index contributed by atoms with van der Waals surface area (Å²) >= 11 is 1.59. The summed E-state index contributed by atoms with van der Waals surface area (Å²) in [5.41, 5.74) is 12.3. The lowest BCUT2D eigenvalue weighted by Crippen LogP contribution is -2.02. The summed E-state index contributed by atoms with van der Waals surface area (Å²) < 4.78 is 1.45. The van der Waals surface area contributed by atoms with Crippen LogP contribution in [0.15, 0.2) is 23.7 Å². The van der Waals surface area contributed by atoms with E-state index in [1.807, 2.05) is 17.5 Å². The van der Waals surface area contributed by atoms with E-state index in [-0.39, 0.29) is 5.95 Å². The van der Waals surface area contributed by atoms with Crippen LogP contribution in [0, 0.1) is 0 Å². The molecule has 3 aromatic rings. The molecule has 16 heavy (non-hydrogen) atoms. The molecular formula is C9H8N6S. The molecule has 0 spiro atoms. The Kier molecular flexibility index (Phi) is 1.80. The van der Waals surface area contributed by atoms with Gasteiger partial charge in [0.1, 0.15) is 5.82 Å². The van der Waals surface area contributed by atoms with Gasteiger partial charge in [0, 0.05) is 11.1 Å². The number of aromatic nitrogens is 4. The number of nitrogens with two attached hydrogens (primary N) is 2. The Morgan fingerprint density at radius 2 is 2.19 bits per heavy atom. The molecule has 3 aromatic heterocycles. The minimum Gasteiger partial charge on any atom is -0.383 e. The SMILES string of the molecule is Nc1nc2ncc(-c3cccs3)c(N)n2n1. The first kappa shape index (κ1) is 9.10. The van der Waals surface area contributed by atoms with Gasteiger partial charge in [0.2, 0.25) is 5.95 Å². The fourth-order valence-electron chi connectivity index (χ4n) is 1.49. The van der Waals surface area contributed by atoms with Gasteiger partial charge in [0.05, 0.1) is 5.56 Å². The molecule has 0 aliphatic carbocycles. The Balaban J connectivity index is 2.31. The molecule has 4 N–H and O–H groups in total. The van der Waals surface area contributed by atoms with E-state index >= 15 is 0 Å². The van der Waals surface area contributed by atoms with E-state index in [1.165, 1.54) is 4.52 Å². The summed E-state index contributed by atoms with van der Waals surface area (Å²) in [6.07, 6.45) is 1.69. The van der Waals surface area contributed by atoms with Crippen LogP contribution in [-0.2, 0) is 0 Å². The van der Waals surface area contributed by atoms with Crippen molar-refractivity contribution < 1.29 is 0 Å². The molecule has 0 aromatic carbocycles. The normalized spacial score (nSPS) is 11.0. The van der Waals surface area contributed by atoms with Crippen molar-refractivity contribution in [1.82, 2.24) is 19.6 Å². The monoisotopic (exact) mass is 232 g/mol. The van der Waals surface area contributed by atoms with Crippen molar-refractivity contribution in [2.24, 2.45) is 0 Å². The van der Waals surface area contributed by atoms with Crippen LogP contribution in [-0.4, -0.2) is 19.6 Å². The summed E-state index contributed by atoms with van der Waals surface area (Å²) in [4.78, 5) is 9.14. The van der Waals surface area contributed by atoms with Crippen molar-refractivity contribution in [2.45, 2.75) is 0 Å². The molecular weight excluding hydrogens is 224 g/mol. The van der Waals surface area contributed by atoms with E-state index in [0.717, 1.165) is 10.4 Å². The van der Waals surface area contributed by atoms with Crippen LogP contribution < -0.4 is 11.5 Å². The molecule has 0 saturated carbocycles. The zero-order valence-corrected chi connectivity index (χ0v) is 8.98. The molecule has 3 heterocycles. The number of hydrogen-bond donors (Lipinski definition) is 2. The zero-order valence-electron chi connectivity index (χ0n) is 8.16. The minimum atomic E-state index is 0.169. The number of nitrogens with zero attached hydrogens (tertiary/aromatic N) is 4. The Morgan fingerprint density at radius 3 is 2.94 bits per heavy atom. The van der Waals surface area contributed by atoms with Gasteiger partial charge in [0.15, 0.2) is 0 Å². The highest BCUT2D eigenvalue weighted by Gasteiger charge is 2.11. The van der Waals surface area contributed by atoms with Gasteiger partial charge < -0.3 is 11.5 Å². The van der Waals surface area contributed by atoms with E-state index in [9.17, 15) is 0 Å². The van der Waals surface area contributed by atoms with Crippen molar-refractivity contribution in [3.05, 3.63) is 23.7 Å². The number of rotatable bonds is 1. The minimum absolute atomic E-state index is 0.169. The van der Waals surface area contributed by atoms with E-state index in [1.54, 1.807) is 17.5 Å². The molecule has 0 bridgehead atoms. The van der Waals surface area contributed by atoms with Gasteiger partial charge in [-0.1, -0.05) is 6.07 Å². The lowest BCUT2D eigenvalue weighted by molar-refractivity contribution is 0.959. The smallest absolute Gasteiger partial charge is 0.255 e. The molecule has 0 fully saturated rings. The standard InChI is InChI=1S/C9H8N6S/c10-7-5(6-2-1-3-16-6)4-12-9-13-8(11)14-15(7)9/h1-4H,10H2,(H2,11,14). The van der Waals surface area contributed by atoms with Crippen molar-refractivity contribution in [3.63, 3.8) is 0 Å². The molecule has 0 atom stereocenters. The van der Waals surface area contributed by atoms with E-state index in [4.69, 9.17) is 11.5 Å². The van der Waals surface area contributed by atoms with Crippen molar-refractivity contribution in [3.8, 4) is 10.4 Å². The topological polar surface area (TPSA) is 95.1 Å². The van der Waals surface area contributed by atoms with E-state index in [2.05, 4.69) is 15.1 Å². The van der Waals surface area contributed by atoms with Crippen LogP contribution in [0.2, 0.25) is 0 Å². The fraction of sp³-hybridized carbons (Fsp3) is 0. The maximum absolute atomic E-state index is 6.00. The lowest BCUT2D eigenvalue weighted by atomic mass is 10.2. The van der Waals surface area contributed by atoms with Gasteiger partial charge in [-0.25, -0.2) is 4.98 Å². The van der Waals surface area contributed by atoms with Crippen molar-refractivity contribution in [1.29, 1.82) is 0 Å². The number of thiophene rings is 1. The molecule has 7 heteroatoms. The summed E-state index contributed by atoms with van der Waals surface area (Å²) in [6.45, 7) is 0. The van der Waals surface area contributed by atoms with Crippen LogP contribution in [0.1, 0.15) is 0 Å². The molecule has 80 valence electrons. The third-order valence-corrected chi connectivity index (χ3v) is 3.11. The number of hydrogen-bond acceptors (Lipinski definition) is 6. The molecule has 0 radical (unpaired) electrons. The first-order chi connectivity index (χ1) is 7.75. The van der Waals surface area contributed by atoms with Gasteiger partial charge >= 0.3 is 0 Å². The second-order valence-corrected chi connectivity index (χ2v) is 4.16. The van der Waals surface area contributed by atoms with Crippen LogP contribution in [0.25, 0.3) is 16.2 Å². The average Bonchev–Trinajstić information content (AvgIpc) is 2.86. The largest absolute Gasteiger partial charge is 0.383 e. The predicted octanol–water partition coefficient (Wildman–Crippen LogP) is 1.02. The summed E-state index contributed by atoms with van der Waals surface area (Å²) in [5, 5.41) is 5.96. The quantitative estimate of drug-likeness (QED) is 0.653. The van der Waals surface area contributed by atoms with Crippen LogP contribution in [0.5, 0.6) is 0 Å². The predicted molar refractivity (Wildman–Crippen MR) is 62.9 cm³/mol. The number of nitrogen functional groups attached to an aromatic ring is 2. The van der Waals surface area contributed by atoms with Crippen LogP contribution in [0.4, 0.5) is 11.8 Å². The number of fused-ring (bicyclic) bond motifs is 1. The summed E-state index contributed by atoms with van der Waals surface area (Å²) in [5.74, 6) is 1.08. The van der Waals surface area contributed by atoms with Gasteiger partial charge in [0.25, 0.3) is 5.78 Å². The Morgan fingerprint density at radius 1 is 1.31 bits per heavy atom. The van der Waals surface area contributed by atoms with E-state index in [0.29, 0.717) is 11.6 Å². The van der Waals surface area contributed by atoms with Gasteiger partial charge in [-0.15, -0.1) is 16.4 Å². The first-order valence-electron chi connectivity index (χ1n) is 4.56. The highest BCUT2D eigenvalue weighted by atomic mass is 32.1. The first-order valence-corrected chi connectivity index (χ1v) is 5.44. The second-order valence-electron chi connectivity index (χ2n) is 3.22. The third-order valence-electron chi connectivity index (χ3n) is 2.21. The Labute approximate surface area is 94.6 Å². The molecule has 0 unspecified atom stereocenters. The fourth-order valence-corrected chi connectivity index (χ4v) is 2.23. The maximum Gasteiger partial charge on any atom is 0.255 e. The Bertz CT molecular complexity index is 641. The molecule has 0 aliphatic rings. The van der Waals surface area contributed by atoms with Gasteiger partial charge in [-0.05, 0) is 11.4 Å². The van der Waals surface area contributed by atoms with Crippen LogP contribution in [0.3, 0.4) is 0 Å². The third kappa shape index (κ3) is 1.22. The molecule has 0 saturated heterocycles. The molecule has 6 nitrogen and oxygen atoms in total. The molecule has 3 rings (SSSR count).